The van der Waals surface area contributed by atoms with E-state index in [1.165, 1.54) is 4.90 Å². The highest BCUT2D eigenvalue weighted by Gasteiger charge is 2.30. The second-order valence-electron chi connectivity index (χ2n) is 4.66. The van der Waals surface area contributed by atoms with Crippen molar-refractivity contribution < 1.29 is 24.2 Å². The van der Waals surface area contributed by atoms with E-state index < -0.39 is 31.0 Å². The molecule has 19 heavy (non-hydrogen) atoms. The molecule has 0 aliphatic carbocycles. The minimum absolute atomic E-state index is 0.132. The van der Waals surface area contributed by atoms with Gasteiger partial charge in [0.2, 0.25) is 5.91 Å². The van der Waals surface area contributed by atoms with Crippen molar-refractivity contribution in [1.29, 1.82) is 0 Å². The number of aliphatic carboxylic acids is 1. The Labute approximate surface area is 111 Å². The summed E-state index contributed by atoms with van der Waals surface area (Å²) in [6.07, 6.45) is -0.263. The van der Waals surface area contributed by atoms with Crippen LogP contribution in [0, 0.1) is 0 Å². The fourth-order valence-corrected chi connectivity index (χ4v) is 2.08. The highest BCUT2D eigenvalue weighted by molar-refractivity contribution is 5.86. The van der Waals surface area contributed by atoms with Gasteiger partial charge >= 0.3 is 12.0 Å². The highest BCUT2D eigenvalue weighted by atomic mass is 16.5. The third-order valence-electron chi connectivity index (χ3n) is 2.63. The molecule has 1 heterocycles. The quantitative estimate of drug-likeness (QED) is 0.688. The van der Waals surface area contributed by atoms with Gasteiger partial charge in [-0.3, -0.25) is 9.59 Å². The number of morpholine rings is 1. The number of carboxylic acids is 1. The van der Waals surface area contributed by atoms with Crippen LogP contribution < -0.4 is 5.73 Å². The van der Waals surface area contributed by atoms with E-state index in [2.05, 4.69) is 0 Å². The molecule has 2 atom stereocenters. The predicted octanol–water partition coefficient (Wildman–Crippen LogP) is -0.912. The summed E-state index contributed by atoms with van der Waals surface area (Å²) in [7, 11) is 0. The van der Waals surface area contributed by atoms with Crippen molar-refractivity contribution in [3.05, 3.63) is 0 Å². The Balaban J connectivity index is 2.74. The summed E-state index contributed by atoms with van der Waals surface area (Å²) < 4.78 is 5.49. The molecule has 0 bridgehead atoms. The molecule has 0 radical (unpaired) electrons. The number of carboxylic acid groups (broad SMARTS) is 1. The van der Waals surface area contributed by atoms with Gasteiger partial charge in [-0.25, -0.2) is 4.79 Å². The summed E-state index contributed by atoms with van der Waals surface area (Å²) in [5.74, 6) is -1.94. The van der Waals surface area contributed by atoms with Crippen LogP contribution >= 0.6 is 0 Å². The summed E-state index contributed by atoms with van der Waals surface area (Å²) in [6.45, 7) is 3.40. The van der Waals surface area contributed by atoms with E-state index in [0.29, 0.717) is 13.1 Å². The average Bonchev–Trinajstić information content (AvgIpc) is 2.24. The lowest BCUT2D eigenvalue weighted by molar-refractivity contribution is -0.138. The smallest absolute Gasteiger partial charge is 0.323 e. The van der Waals surface area contributed by atoms with Gasteiger partial charge in [0.1, 0.15) is 13.1 Å². The van der Waals surface area contributed by atoms with E-state index in [-0.39, 0.29) is 12.2 Å². The Morgan fingerprint density at radius 3 is 2.21 bits per heavy atom. The molecule has 8 nitrogen and oxygen atoms in total. The Morgan fingerprint density at radius 2 is 1.79 bits per heavy atom. The molecule has 0 spiro atoms. The minimum Gasteiger partial charge on any atom is -0.480 e. The van der Waals surface area contributed by atoms with Gasteiger partial charge in [-0.05, 0) is 13.8 Å². The number of rotatable bonds is 4. The van der Waals surface area contributed by atoms with Crippen molar-refractivity contribution >= 4 is 17.9 Å². The van der Waals surface area contributed by atoms with E-state index in [1.54, 1.807) is 0 Å². The van der Waals surface area contributed by atoms with E-state index in [0.717, 1.165) is 4.90 Å². The number of amides is 3. The van der Waals surface area contributed by atoms with Crippen LogP contribution in [-0.2, 0) is 14.3 Å². The van der Waals surface area contributed by atoms with E-state index in [4.69, 9.17) is 15.6 Å². The van der Waals surface area contributed by atoms with Gasteiger partial charge in [-0.2, -0.15) is 0 Å². The van der Waals surface area contributed by atoms with Gasteiger partial charge in [-0.15, -0.1) is 0 Å². The molecule has 0 aromatic rings. The van der Waals surface area contributed by atoms with Crippen molar-refractivity contribution in [2.75, 3.05) is 26.2 Å². The zero-order valence-corrected chi connectivity index (χ0v) is 11.0. The number of nitrogens with zero attached hydrogens (tertiary/aromatic N) is 2. The van der Waals surface area contributed by atoms with Crippen molar-refractivity contribution in [3.63, 3.8) is 0 Å². The first-order valence-electron chi connectivity index (χ1n) is 5.99. The molecular weight excluding hydrogens is 254 g/mol. The molecule has 0 saturated carbocycles. The molecule has 0 aromatic heterocycles. The fourth-order valence-electron chi connectivity index (χ4n) is 2.08. The maximum atomic E-state index is 12.2. The van der Waals surface area contributed by atoms with Crippen LogP contribution in [0.5, 0.6) is 0 Å². The van der Waals surface area contributed by atoms with Crippen molar-refractivity contribution in [3.8, 4) is 0 Å². The van der Waals surface area contributed by atoms with Gasteiger partial charge in [0, 0.05) is 13.1 Å². The van der Waals surface area contributed by atoms with Crippen molar-refractivity contribution in [2.24, 2.45) is 5.73 Å². The van der Waals surface area contributed by atoms with E-state index in [1.807, 2.05) is 13.8 Å². The lowest BCUT2D eigenvalue weighted by Gasteiger charge is -2.37. The first-order chi connectivity index (χ1) is 8.79. The Hall–Kier alpha value is -1.83. The summed E-state index contributed by atoms with van der Waals surface area (Å²) in [5.41, 5.74) is 5.02. The molecule has 108 valence electrons. The molecule has 3 amide bonds. The number of nitrogens with two attached hydrogens (primary N) is 1. The van der Waals surface area contributed by atoms with Gasteiger partial charge in [-0.1, -0.05) is 0 Å². The van der Waals surface area contributed by atoms with Gasteiger partial charge in [0.15, 0.2) is 0 Å². The molecule has 1 aliphatic rings. The number of urea groups is 1. The number of primary amides is 1. The van der Waals surface area contributed by atoms with Crippen LogP contribution in [0.25, 0.3) is 0 Å². The second-order valence-corrected chi connectivity index (χ2v) is 4.66. The Morgan fingerprint density at radius 1 is 1.26 bits per heavy atom. The number of carbonyl (C=O) groups is 3. The van der Waals surface area contributed by atoms with Crippen LogP contribution in [0.2, 0.25) is 0 Å². The first kappa shape index (κ1) is 15.2. The zero-order chi connectivity index (χ0) is 14.6. The van der Waals surface area contributed by atoms with Crippen LogP contribution in [-0.4, -0.2) is 71.2 Å². The summed E-state index contributed by atoms with van der Waals surface area (Å²) in [5, 5.41) is 8.76. The van der Waals surface area contributed by atoms with Crippen LogP contribution in [0.15, 0.2) is 0 Å². The topological polar surface area (TPSA) is 113 Å². The third kappa shape index (κ3) is 4.74. The molecule has 1 rings (SSSR count). The summed E-state index contributed by atoms with van der Waals surface area (Å²) >= 11 is 0. The fraction of sp³-hybridized carbons (Fsp3) is 0.727. The molecule has 2 unspecified atom stereocenters. The standard InChI is InChI=1S/C11H19N3O5/c1-7-3-13(4-8(2)19-7)11(18)14(5-9(12)15)6-10(16)17/h7-8H,3-6H2,1-2H3,(H2,12,15)(H,16,17). The number of hydrogen-bond acceptors (Lipinski definition) is 4. The molecule has 0 aromatic carbocycles. The zero-order valence-electron chi connectivity index (χ0n) is 11.0. The van der Waals surface area contributed by atoms with Crippen LogP contribution in [0.3, 0.4) is 0 Å². The Kier molecular flexibility index (Phi) is 5.11. The molecule has 3 N–H and O–H groups in total. The van der Waals surface area contributed by atoms with Crippen LogP contribution in [0.4, 0.5) is 4.79 Å². The maximum Gasteiger partial charge on any atom is 0.323 e. The van der Waals surface area contributed by atoms with Crippen LogP contribution in [0.1, 0.15) is 13.8 Å². The SMILES string of the molecule is CC1CN(C(=O)N(CC(N)=O)CC(=O)O)CC(C)O1. The first-order valence-corrected chi connectivity index (χ1v) is 5.99. The van der Waals surface area contributed by atoms with E-state index >= 15 is 0 Å². The minimum atomic E-state index is -1.19. The van der Waals surface area contributed by atoms with Gasteiger partial charge in [0.25, 0.3) is 0 Å². The summed E-state index contributed by atoms with van der Waals surface area (Å²) in [6, 6.07) is -0.511. The molecule has 8 heteroatoms. The predicted molar refractivity (Wildman–Crippen MR) is 65.4 cm³/mol. The maximum absolute atomic E-state index is 12.2. The number of ether oxygens (including phenoxy) is 1. The number of carbonyl (C=O) groups excluding carboxylic acids is 2. The van der Waals surface area contributed by atoms with Crippen molar-refractivity contribution in [1.82, 2.24) is 9.80 Å². The second kappa shape index (κ2) is 6.37. The summed E-state index contributed by atoms with van der Waals surface area (Å²) in [4.78, 5) is 36.2. The largest absolute Gasteiger partial charge is 0.480 e. The monoisotopic (exact) mass is 273 g/mol. The normalized spacial score (nSPS) is 22.9. The van der Waals surface area contributed by atoms with Crippen molar-refractivity contribution in [2.45, 2.75) is 26.1 Å². The molecule has 1 fully saturated rings. The number of hydrogen-bond donors (Lipinski definition) is 2. The van der Waals surface area contributed by atoms with Gasteiger partial charge in [0.05, 0.1) is 12.2 Å². The molecule has 1 saturated heterocycles. The molecular formula is C11H19N3O5. The van der Waals surface area contributed by atoms with Gasteiger partial charge < -0.3 is 25.4 Å². The van der Waals surface area contributed by atoms with E-state index in [9.17, 15) is 14.4 Å². The average molecular weight is 273 g/mol. The molecule has 1 aliphatic heterocycles. The Bertz CT molecular complexity index is 347. The third-order valence-corrected chi connectivity index (χ3v) is 2.63. The highest BCUT2D eigenvalue weighted by Crippen LogP contribution is 2.12. The lowest BCUT2D eigenvalue weighted by atomic mass is 10.2. The lowest BCUT2D eigenvalue weighted by Crippen LogP contribution is -2.55.